The number of amides is 1. The molecule has 2 fully saturated rings. The molecule has 0 aliphatic carbocycles. The van der Waals surface area contributed by atoms with Gasteiger partial charge in [0.2, 0.25) is 0 Å². The van der Waals surface area contributed by atoms with Crippen molar-refractivity contribution >= 4 is 5.91 Å². The molecular weight excluding hydrogens is 264 g/mol. The molecule has 1 aromatic rings. The Balaban J connectivity index is 1.61. The summed E-state index contributed by atoms with van der Waals surface area (Å²) in [6, 6.07) is 1.20. The van der Waals surface area contributed by atoms with Gasteiger partial charge in [-0.3, -0.25) is 9.69 Å². The lowest BCUT2D eigenvalue weighted by molar-refractivity contribution is 0.00203. The van der Waals surface area contributed by atoms with E-state index in [0.29, 0.717) is 23.5 Å². The maximum absolute atomic E-state index is 12.5. The number of aromatic nitrogens is 2. The number of carbonyl (C=O) groups excluding carboxylic acids is 1. The third-order valence-corrected chi connectivity index (χ3v) is 4.80. The molecule has 1 aromatic heterocycles. The van der Waals surface area contributed by atoms with Gasteiger partial charge >= 0.3 is 0 Å². The van der Waals surface area contributed by atoms with E-state index in [1.165, 1.54) is 25.8 Å². The van der Waals surface area contributed by atoms with Crippen LogP contribution in [-0.4, -0.2) is 57.4 Å². The molecule has 3 rings (SSSR count). The molecule has 1 atom stereocenters. The Morgan fingerprint density at radius 1 is 1.29 bits per heavy atom. The summed E-state index contributed by atoms with van der Waals surface area (Å²) in [6.07, 6.45) is 5.58. The number of rotatable bonds is 2. The number of piperidine rings is 1. The highest BCUT2D eigenvalue weighted by molar-refractivity contribution is 5.95. The van der Waals surface area contributed by atoms with Crippen LogP contribution < -0.4 is 0 Å². The highest BCUT2D eigenvalue weighted by atomic mass is 16.2. The van der Waals surface area contributed by atoms with Crippen LogP contribution in [0.15, 0.2) is 6.20 Å². The van der Waals surface area contributed by atoms with E-state index < -0.39 is 0 Å². The van der Waals surface area contributed by atoms with Crippen molar-refractivity contribution in [2.75, 3.05) is 19.6 Å². The van der Waals surface area contributed by atoms with E-state index in [-0.39, 0.29) is 5.91 Å². The van der Waals surface area contributed by atoms with Crippen LogP contribution in [0.25, 0.3) is 0 Å². The Hall–Kier alpha value is -1.49. The van der Waals surface area contributed by atoms with Crippen LogP contribution >= 0.6 is 0 Å². The Kier molecular flexibility index (Phi) is 3.93. The van der Waals surface area contributed by atoms with E-state index >= 15 is 0 Å². The van der Waals surface area contributed by atoms with Gasteiger partial charge in [0, 0.05) is 31.4 Å². The second kappa shape index (κ2) is 5.72. The summed E-state index contributed by atoms with van der Waals surface area (Å²) in [5.74, 6) is 0.793. The van der Waals surface area contributed by atoms with Crippen molar-refractivity contribution in [2.24, 2.45) is 0 Å². The minimum Gasteiger partial charge on any atom is -0.335 e. The van der Waals surface area contributed by atoms with Crippen LogP contribution in [0.1, 0.15) is 48.1 Å². The molecule has 0 unspecified atom stereocenters. The van der Waals surface area contributed by atoms with Gasteiger partial charge in [0.05, 0.1) is 11.3 Å². The number of hydrogen-bond donors (Lipinski definition) is 0. The van der Waals surface area contributed by atoms with Crippen LogP contribution in [-0.2, 0) is 0 Å². The van der Waals surface area contributed by atoms with Gasteiger partial charge in [-0.05, 0) is 40.2 Å². The molecule has 0 bridgehead atoms. The van der Waals surface area contributed by atoms with Crippen molar-refractivity contribution in [1.29, 1.82) is 0 Å². The van der Waals surface area contributed by atoms with Crippen LogP contribution in [0.2, 0.25) is 0 Å². The Labute approximate surface area is 126 Å². The normalized spacial score (nSPS) is 24.0. The predicted octanol–water partition coefficient (Wildman–Crippen LogP) is 1.79. The zero-order valence-electron chi connectivity index (χ0n) is 13.2. The molecule has 0 N–H and O–H groups in total. The molecule has 5 heteroatoms. The third kappa shape index (κ3) is 2.79. The van der Waals surface area contributed by atoms with Gasteiger partial charge in [0.25, 0.3) is 5.91 Å². The maximum atomic E-state index is 12.5. The monoisotopic (exact) mass is 288 g/mol. The van der Waals surface area contributed by atoms with Crippen molar-refractivity contribution in [2.45, 2.75) is 52.1 Å². The van der Waals surface area contributed by atoms with Crippen LogP contribution in [0.3, 0.4) is 0 Å². The summed E-state index contributed by atoms with van der Waals surface area (Å²) in [5.41, 5.74) is 1.42. The standard InChI is InChI=1S/C16H24N4O/c1-11-6-4-5-7-20(11)14-9-19(10-14)16(21)15-8-17-13(3)18-12(15)2/h8,11,14H,4-7,9-10H2,1-3H3/t11-/m1/s1. The highest BCUT2D eigenvalue weighted by Crippen LogP contribution is 2.25. The van der Waals surface area contributed by atoms with Gasteiger partial charge in [-0.2, -0.15) is 0 Å². The van der Waals surface area contributed by atoms with E-state index in [1.807, 2.05) is 18.7 Å². The minimum absolute atomic E-state index is 0.0772. The number of aryl methyl sites for hydroxylation is 2. The molecular formula is C16H24N4O. The average Bonchev–Trinajstić information content (AvgIpc) is 2.39. The first-order chi connectivity index (χ1) is 10.1. The molecule has 21 heavy (non-hydrogen) atoms. The molecule has 0 spiro atoms. The third-order valence-electron chi connectivity index (χ3n) is 4.80. The quantitative estimate of drug-likeness (QED) is 0.832. The summed E-state index contributed by atoms with van der Waals surface area (Å²) >= 11 is 0. The minimum atomic E-state index is 0.0772. The van der Waals surface area contributed by atoms with E-state index in [4.69, 9.17) is 0 Å². The first-order valence-corrected chi connectivity index (χ1v) is 7.91. The lowest BCUT2D eigenvalue weighted by Crippen LogP contribution is -2.63. The molecule has 2 saturated heterocycles. The molecule has 0 saturated carbocycles. The molecule has 0 radical (unpaired) electrons. The second-order valence-electron chi connectivity index (χ2n) is 6.36. The van der Waals surface area contributed by atoms with Crippen molar-refractivity contribution < 1.29 is 4.79 Å². The van der Waals surface area contributed by atoms with Crippen LogP contribution in [0.5, 0.6) is 0 Å². The highest BCUT2D eigenvalue weighted by Gasteiger charge is 2.38. The van der Waals surface area contributed by atoms with Crippen molar-refractivity contribution in [3.8, 4) is 0 Å². The number of likely N-dealkylation sites (tertiary alicyclic amines) is 2. The first kappa shape index (κ1) is 14.4. The Morgan fingerprint density at radius 2 is 2.05 bits per heavy atom. The summed E-state index contributed by atoms with van der Waals surface area (Å²) in [4.78, 5) is 25.4. The van der Waals surface area contributed by atoms with Gasteiger partial charge in [-0.15, -0.1) is 0 Å². The second-order valence-corrected chi connectivity index (χ2v) is 6.36. The Bertz CT molecular complexity index is 539. The Morgan fingerprint density at radius 3 is 2.71 bits per heavy atom. The van der Waals surface area contributed by atoms with E-state index in [0.717, 1.165) is 18.8 Å². The number of nitrogens with zero attached hydrogens (tertiary/aromatic N) is 4. The van der Waals surface area contributed by atoms with E-state index in [1.54, 1.807) is 6.20 Å². The van der Waals surface area contributed by atoms with Gasteiger partial charge in [-0.25, -0.2) is 9.97 Å². The first-order valence-electron chi connectivity index (χ1n) is 7.91. The summed E-state index contributed by atoms with van der Waals surface area (Å²) in [7, 11) is 0. The SMILES string of the molecule is Cc1ncc(C(=O)N2CC(N3CCCC[C@H]3C)C2)c(C)n1. The van der Waals surface area contributed by atoms with Crippen LogP contribution in [0, 0.1) is 13.8 Å². The fourth-order valence-electron chi connectivity index (χ4n) is 3.46. The summed E-state index contributed by atoms with van der Waals surface area (Å²) in [6.45, 7) is 8.90. The maximum Gasteiger partial charge on any atom is 0.257 e. The molecule has 3 heterocycles. The summed E-state index contributed by atoms with van der Waals surface area (Å²) in [5, 5.41) is 0. The van der Waals surface area contributed by atoms with Gasteiger partial charge in [-0.1, -0.05) is 6.42 Å². The molecule has 2 aliphatic rings. The largest absolute Gasteiger partial charge is 0.335 e. The lowest BCUT2D eigenvalue weighted by atomic mass is 9.97. The predicted molar refractivity (Wildman–Crippen MR) is 81.2 cm³/mol. The smallest absolute Gasteiger partial charge is 0.257 e. The fraction of sp³-hybridized carbons (Fsp3) is 0.688. The van der Waals surface area contributed by atoms with Crippen LogP contribution in [0.4, 0.5) is 0 Å². The molecule has 114 valence electrons. The molecule has 1 amide bonds. The molecule has 0 aromatic carbocycles. The van der Waals surface area contributed by atoms with Crippen molar-refractivity contribution in [1.82, 2.24) is 19.8 Å². The van der Waals surface area contributed by atoms with Crippen molar-refractivity contribution in [3.05, 3.63) is 23.3 Å². The van der Waals surface area contributed by atoms with E-state index in [2.05, 4.69) is 21.8 Å². The average molecular weight is 288 g/mol. The number of hydrogen-bond acceptors (Lipinski definition) is 4. The number of carbonyl (C=O) groups is 1. The summed E-state index contributed by atoms with van der Waals surface area (Å²) < 4.78 is 0. The fourth-order valence-corrected chi connectivity index (χ4v) is 3.46. The molecule has 5 nitrogen and oxygen atoms in total. The van der Waals surface area contributed by atoms with Gasteiger partial charge in [0.1, 0.15) is 5.82 Å². The van der Waals surface area contributed by atoms with E-state index in [9.17, 15) is 4.79 Å². The topological polar surface area (TPSA) is 49.3 Å². The van der Waals surface area contributed by atoms with Gasteiger partial charge < -0.3 is 4.90 Å². The van der Waals surface area contributed by atoms with Crippen molar-refractivity contribution in [3.63, 3.8) is 0 Å². The zero-order chi connectivity index (χ0) is 15.0. The lowest BCUT2D eigenvalue weighted by Gasteiger charge is -2.49. The molecule has 2 aliphatic heterocycles. The zero-order valence-corrected chi connectivity index (χ0v) is 13.2. The van der Waals surface area contributed by atoms with Gasteiger partial charge in [0.15, 0.2) is 0 Å².